The number of hydrogen-bond donors (Lipinski definition) is 3. The van der Waals surface area contributed by atoms with Gasteiger partial charge in [-0.2, -0.15) is 10.9 Å². The van der Waals surface area contributed by atoms with E-state index in [9.17, 15) is 4.79 Å². The molecular formula is C14H20N3O2+. The first kappa shape index (κ1) is 13.4. The minimum absolute atomic E-state index is 0.152. The van der Waals surface area contributed by atoms with Crippen molar-refractivity contribution in [2.45, 2.75) is 25.7 Å². The van der Waals surface area contributed by atoms with E-state index in [0.717, 1.165) is 31.0 Å². The zero-order valence-electron chi connectivity index (χ0n) is 11.2. The number of methoxy groups -OCH3 is 1. The number of nitrogens with one attached hydrogen (secondary N) is 3. The number of carbonyl (C=O) groups excluding carboxylic acids is 1. The zero-order chi connectivity index (χ0) is 13.5. The predicted molar refractivity (Wildman–Crippen MR) is 72.9 cm³/mol. The third-order valence-electron chi connectivity index (χ3n) is 3.12. The quantitative estimate of drug-likeness (QED) is 0.657. The molecule has 0 saturated carbocycles. The number of hydrogen-bond acceptors (Lipinski definition) is 3. The molecule has 0 fully saturated rings. The van der Waals surface area contributed by atoms with Gasteiger partial charge in [-0.15, -0.1) is 0 Å². The molecule has 1 aromatic carbocycles. The Hall–Kier alpha value is -2.04. The van der Waals surface area contributed by atoms with Crippen LogP contribution < -0.4 is 20.6 Å². The van der Waals surface area contributed by atoms with Crippen LogP contribution in [0.2, 0.25) is 0 Å². The second kappa shape index (κ2) is 6.78. The summed E-state index contributed by atoms with van der Waals surface area (Å²) in [5.74, 6) is 1.57. The highest BCUT2D eigenvalue weighted by molar-refractivity contribution is 5.95. The van der Waals surface area contributed by atoms with Crippen LogP contribution in [0.4, 0.5) is 0 Å². The number of benzene rings is 1. The summed E-state index contributed by atoms with van der Waals surface area (Å²) >= 11 is 0. The van der Waals surface area contributed by atoms with Gasteiger partial charge in [-0.3, -0.25) is 9.79 Å². The maximum absolute atomic E-state index is 11.9. The Labute approximate surface area is 113 Å². The maximum atomic E-state index is 11.9. The minimum Gasteiger partial charge on any atom is -0.497 e. The first-order chi connectivity index (χ1) is 9.29. The molecule has 5 heteroatoms. The van der Waals surface area contributed by atoms with E-state index in [1.54, 1.807) is 31.4 Å². The van der Waals surface area contributed by atoms with E-state index in [2.05, 4.69) is 15.8 Å². The first-order valence-electron chi connectivity index (χ1n) is 6.59. The van der Waals surface area contributed by atoms with Crippen LogP contribution in [-0.4, -0.2) is 25.4 Å². The Bertz CT molecular complexity index is 454. The van der Waals surface area contributed by atoms with Crippen molar-refractivity contribution in [2.24, 2.45) is 0 Å². The van der Waals surface area contributed by atoms with Gasteiger partial charge in [-0.05, 0) is 43.5 Å². The number of hydrazine groups is 1. The highest BCUT2D eigenvalue weighted by Gasteiger charge is 2.12. The van der Waals surface area contributed by atoms with Crippen molar-refractivity contribution in [3.8, 4) is 5.75 Å². The minimum atomic E-state index is -0.152. The molecule has 19 heavy (non-hydrogen) atoms. The van der Waals surface area contributed by atoms with Crippen LogP contribution in [0.15, 0.2) is 24.3 Å². The van der Waals surface area contributed by atoms with Gasteiger partial charge in [0.1, 0.15) is 5.75 Å². The number of carbonyl (C=O) groups is 1. The number of amides is 1. The van der Waals surface area contributed by atoms with Crippen LogP contribution in [0.3, 0.4) is 0 Å². The normalized spacial score (nSPS) is 15.1. The summed E-state index contributed by atoms with van der Waals surface area (Å²) in [6.07, 6.45) is 4.50. The molecule has 0 unspecified atom stereocenters. The van der Waals surface area contributed by atoms with Crippen LogP contribution in [0.5, 0.6) is 5.75 Å². The number of rotatable bonds is 2. The summed E-state index contributed by atoms with van der Waals surface area (Å²) < 4.78 is 5.06. The molecular weight excluding hydrogens is 242 g/mol. The van der Waals surface area contributed by atoms with E-state index >= 15 is 0 Å². The van der Waals surface area contributed by atoms with E-state index < -0.39 is 0 Å². The van der Waals surface area contributed by atoms with Gasteiger partial charge in [0.15, 0.2) is 0 Å². The molecule has 1 aliphatic heterocycles. The summed E-state index contributed by atoms with van der Waals surface area (Å²) in [6, 6.07) is 7.01. The number of ether oxygens (including phenoxy) is 1. The molecule has 102 valence electrons. The van der Waals surface area contributed by atoms with Gasteiger partial charge in [0.25, 0.3) is 11.7 Å². The van der Waals surface area contributed by atoms with Crippen LogP contribution in [0.1, 0.15) is 36.0 Å². The lowest BCUT2D eigenvalue weighted by Gasteiger charge is -2.04. The Kier molecular flexibility index (Phi) is 4.78. The zero-order valence-corrected chi connectivity index (χ0v) is 11.2. The molecule has 3 N–H and O–H groups in total. The van der Waals surface area contributed by atoms with Gasteiger partial charge < -0.3 is 4.74 Å². The van der Waals surface area contributed by atoms with Gasteiger partial charge in [-0.1, -0.05) is 0 Å². The first-order valence-corrected chi connectivity index (χ1v) is 6.59. The van der Waals surface area contributed by atoms with Gasteiger partial charge in [0.2, 0.25) is 0 Å². The van der Waals surface area contributed by atoms with Crippen LogP contribution in [-0.2, 0) is 0 Å². The SMILES string of the molecule is COc1ccc(C(=O)NNC2=[NH+]CCCCC2)cc1. The lowest BCUT2D eigenvalue weighted by molar-refractivity contribution is -0.460. The second-order valence-corrected chi connectivity index (χ2v) is 4.52. The fourth-order valence-electron chi connectivity index (χ4n) is 1.98. The highest BCUT2D eigenvalue weighted by Crippen LogP contribution is 2.10. The predicted octanol–water partition coefficient (Wildman–Crippen LogP) is -0.0173. The topological polar surface area (TPSA) is 64.3 Å². The van der Waals surface area contributed by atoms with Crippen LogP contribution in [0.25, 0.3) is 0 Å². The summed E-state index contributed by atoms with van der Waals surface area (Å²) in [7, 11) is 1.60. The molecule has 0 aliphatic carbocycles. The molecule has 1 aromatic rings. The fraction of sp³-hybridized carbons (Fsp3) is 0.429. The van der Waals surface area contributed by atoms with Gasteiger partial charge in [0, 0.05) is 5.56 Å². The third kappa shape index (κ3) is 3.98. The van der Waals surface area contributed by atoms with Crippen molar-refractivity contribution >= 4 is 11.7 Å². The van der Waals surface area contributed by atoms with Crippen LogP contribution in [0, 0.1) is 0 Å². The van der Waals surface area contributed by atoms with E-state index in [-0.39, 0.29) is 5.91 Å². The Morgan fingerprint density at radius 2 is 2.00 bits per heavy atom. The average molecular weight is 262 g/mol. The van der Waals surface area contributed by atoms with E-state index in [1.165, 1.54) is 12.8 Å². The summed E-state index contributed by atoms with van der Waals surface area (Å²) in [5.41, 5.74) is 6.27. The Balaban J connectivity index is 1.87. The third-order valence-corrected chi connectivity index (χ3v) is 3.12. The van der Waals surface area contributed by atoms with Crippen molar-refractivity contribution < 1.29 is 14.5 Å². The summed E-state index contributed by atoms with van der Waals surface area (Å²) in [5, 5.41) is 0. The lowest BCUT2D eigenvalue weighted by Crippen LogP contribution is -2.76. The van der Waals surface area contributed by atoms with Gasteiger partial charge in [-0.25, -0.2) is 0 Å². The second-order valence-electron chi connectivity index (χ2n) is 4.52. The van der Waals surface area contributed by atoms with Crippen molar-refractivity contribution in [3.05, 3.63) is 29.8 Å². The van der Waals surface area contributed by atoms with Crippen molar-refractivity contribution in [3.63, 3.8) is 0 Å². The molecule has 2 rings (SSSR count). The summed E-state index contributed by atoms with van der Waals surface area (Å²) in [4.78, 5) is 15.2. The molecule has 0 saturated heterocycles. The molecule has 5 nitrogen and oxygen atoms in total. The average Bonchev–Trinajstić information content (AvgIpc) is 2.73. The molecule has 0 aromatic heterocycles. The van der Waals surface area contributed by atoms with Crippen molar-refractivity contribution in [2.75, 3.05) is 13.7 Å². The monoisotopic (exact) mass is 262 g/mol. The van der Waals surface area contributed by atoms with E-state index in [4.69, 9.17) is 4.74 Å². The smallest absolute Gasteiger partial charge is 0.286 e. The molecule has 1 aliphatic rings. The number of amidine groups is 1. The van der Waals surface area contributed by atoms with E-state index in [1.807, 2.05) is 0 Å². The molecule has 1 heterocycles. The highest BCUT2D eigenvalue weighted by atomic mass is 16.5. The lowest BCUT2D eigenvalue weighted by atomic mass is 10.2. The van der Waals surface area contributed by atoms with Gasteiger partial charge in [0.05, 0.1) is 20.1 Å². The van der Waals surface area contributed by atoms with Crippen molar-refractivity contribution in [1.82, 2.24) is 10.9 Å². The standard InChI is InChI=1S/C14H19N3O2/c1-19-12-8-6-11(7-9-12)14(18)17-16-13-5-3-2-4-10-15-13/h6-9H,2-5,10H2,1H3,(H,15,16)(H,17,18)/p+1. The Morgan fingerprint density at radius 3 is 2.74 bits per heavy atom. The molecule has 0 radical (unpaired) electrons. The van der Waals surface area contributed by atoms with Gasteiger partial charge >= 0.3 is 0 Å². The fourth-order valence-corrected chi connectivity index (χ4v) is 1.98. The molecule has 0 atom stereocenters. The summed E-state index contributed by atoms with van der Waals surface area (Å²) in [6.45, 7) is 0.959. The maximum Gasteiger partial charge on any atom is 0.286 e. The van der Waals surface area contributed by atoms with Crippen molar-refractivity contribution in [1.29, 1.82) is 0 Å². The van der Waals surface area contributed by atoms with Crippen LogP contribution >= 0.6 is 0 Å². The Morgan fingerprint density at radius 1 is 1.21 bits per heavy atom. The van der Waals surface area contributed by atoms with E-state index in [0.29, 0.717) is 5.56 Å². The largest absolute Gasteiger partial charge is 0.497 e. The molecule has 1 amide bonds. The molecule has 0 bridgehead atoms. The molecule has 0 spiro atoms.